The molecule has 6 aliphatic rings. The van der Waals surface area contributed by atoms with Crippen LogP contribution in [0.4, 0.5) is 14.5 Å². The monoisotopic (exact) mass is 623 g/mol. The number of aliphatic hydroxyl groups is 2. The Balaban J connectivity index is 1.14. The lowest BCUT2D eigenvalue weighted by Gasteiger charge is -2.63. The van der Waals surface area contributed by atoms with Crippen LogP contribution < -0.4 is 10.5 Å². The lowest BCUT2D eigenvalue weighted by Crippen LogP contribution is -2.71. The summed E-state index contributed by atoms with van der Waals surface area (Å²) in [6.07, 6.45) is 5.20. The fraction of sp³-hybridized carbons (Fsp3) is 0.543. The predicted molar refractivity (Wildman–Crippen MR) is 160 cm³/mol. The number of alkyl halides is 2. The summed E-state index contributed by atoms with van der Waals surface area (Å²) in [5.41, 5.74) is 0.820. The van der Waals surface area contributed by atoms with Gasteiger partial charge in [0.2, 0.25) is 0 Å². The van der Waals surface area contributed by atoms with E-state index in [2.05, 4.69) is 0 Å². The SMILES string of the molecule is C[C@]12C=CC(=O)C=C1[C@@H](F)C[C@H]1[C@@H]3C[C@H]4O[C@H](C5C=CC(COc6cccc(N)c6)=CC5)O[C@@]4(C(=O)CO)[C@@]3(C)C[C@H](O)[C@@]12F. The number of hydrogen-bond acceptors (Lipinski definition) is 8. The van der Waals surface area contributed by atoms with Crippen molar-refractivity contribution >= 4 is 17.3 Å². The first-order chi connectivity index (χ1) is 21.4. The number of hydrogen-bond donors (Lipinski definition) is 3. The highest BCUT2D eigenvalue weighted by Crippen LogP contribution is 2.72. The van der Waals surface area contributed by atoms with Gasteiger partial charge in [-0.25, -0.2) is 8.78 Å². The summed E-state index contributed by atoms with van der Waals surface area (Å²) in [7, 11) is 0. The van der Waals surface area contributed by atoms with Gasteiger partial charge in [0, 0.05) is 34.4 Å². The standard InChI is InChI=1S/C35H39F2NO7/c1-32-11-10-22(40)13-26(32)27(36)14-25-24-15-30-35(29(42)17-39,33(24,2)16-28(41)34(25,32)37)45-31(44-30)20-8-6-19(7-9-20)18-43-23-5-3-4-21(38)12-23/h3-8,10-13,20,24-25,27-28,30-31,39,41H,9,14-18,38H2,1-2H3/t20?,24-,25-,27-,28-,30+,31-,32-,33-,34-,35+/m0/s1. The number of carbonyl (C=O) groups is 2. The number of halogens is 2. The third-order valence-electron chi connectivity index (χ3n) is 11.8. The first-order valence-corrected chi connectivity index (χ1v) is 15.7. The number of fused-ring (bicyclic) bond motifs is 7. The maximum Gasteiger partial charge on any atom is 0.193 e. The molecule has 0 spiro atoms. The quantitative estimate of drug-likeness (QED) is 0.404. The zero-order valence-electron chi connectivity index (χ0n) is 25.3. The number of ether oxygens (including phenoxy) is 3. The predicted octanol–water partition coefficient (Wildman–Crippen LogP) is 4.12. The number of aliphatic hydroxyl groups excluding tert-OH is 2. The van der Waals surface area contributed by atoms with E-state index >= 15 is 8.78 Å². The van der Waals surface area contributed by atoms with Gasteiger partial charge in [-0.3, -0.25) is 9.59 Å². The van der Waals surface area contributed by atoms with Crippen molar-refractivity contribution in [1.29, 1.82) is 0 Å². The van der Waals surface area contributed by atoms with E-state index in [1.807, 2.05) is 30.4 Å². The molecule has 4 N–H and O–H groups in total. The Morgan fingerprint density at radius 3 is 2.71 bits per heavy atom. The first-order valence-electron chi connectivity index (χ1n) is 15.7. The Hall–Kier alpha value is -3.18. The van der Waals surface area contributed by atoms with Crippen LogP contribution in [0.5, 0.6) is 5.75 Å². The van der Waals surface area contributed by atoms with Crippen LogP contribution in [0.25, 0.3) is 0 Å². The van der Waals surface area contributed by atoms with E-state index in [9.17, 15) is 19.8 Å². The van der Waals surface area contributed by atoms with Crippen LogP contribution in [-0.4, -0.2) is 70.9 Å². The smallest absolute Gasteiger partial charge is 0.193 e. The molecule has 4 fully saturated rings. The van der Waals surface area contributed by atoms with Crippen LogP contribution in [0.2, 0.25) is 0 Å². The summed E-state index contributed by atoms with van der Waals surface area (Å²) in [4.78, 5) is 25.8. The van der Waals surface area contributed by atoms with Crippen molar-refractivity contribution in [3.63, 3.8) is 0 Å². The molecule has 0 amide bonds. The second-order valence-corrected chi connectivity index (χ2v) is 13.9. The molecule has 11 atom stereocenters. The molecule has 10 heteroatoms. The Kier molecular flexibility index (Phi) is 7.06. The van der Waals surface area contributed by atoms with Gasteiger partial charge in [0.25, 0.3) is 0 Å². The van der Waals surface area contributed by atoms with Crippen molar-refractivity contribution < 1.29 is 42.8 Å². The van der Waals surface area contributed by atoms with E-state index in [0.29, 0.717) is 24.5 Å². The largest absolute Gasteiger partial charge is 0.489 e. The summed E-state index contributed by atoms with van der Waals surface area (Å²) in [6.45, 7) is 2.84. The van der Waals surface area contributed by atoms with E-state index in [1.54, 1.807) is 19.1 Å². The lowest BCUT2D eigenvalue weighted by atomic mass is 9.44. The molecule has 7 rings (SSSR count). The van der Waals surface area contributed by atoms with E-state index in [-0.39, 0.29) is 30.8 Å². The van der Waals surface area contributed by atoms with Crippen LogP contribution >= 0.6 is 0 Å². The fourth-order valence-corrected chi connectivity index (χ4v) is 9.54. The molecule has 1 saturated heterocycles. The molecular formula is C35H39F2NO7. The van der Waals surface area contributed by atoms with Crippen molar-refractivity contribution in [2.45, 2.75) is 75.5 Å². The molecule has 1 heterocycles. The molecule has 45 heavy (non-hydrogen) atoms. The highest BCUT2D eigenvalue weighted by atomic mass is 19.1. The van der Waals surface area contributed by atoms with Crippen LogP contribution in [0, 0.1) is 28.6 Å². The molecule has 1 aromatic carbocycles. The van der Waals surface area contributed by atoms with Gasteiger partial charge >= 0.3 is 0 Å². The highest BCUT2D eigenvalue weighted by molar-refractivity contribution is 6.01. The second-order valence-electron chi connectivity index (χ2n) is 13.9. The number of nitrogens with two attached hydrogens (primary N) is 1. The third kappa shape index (κ3) is 4.15. The Bertz CT molecular complexity index is 1560. The van der Waals surface area contributed by atoms with E-state index in [0.717, 1.165) is 11.6 Å². The van der Waals surface area contributed by atoms with Gasteiger partial charge in [-0.1, -0.05) is 37.3 Å². The summed E-state index contributed by atoms with van der Waals surface area (Å²) < 4.78 is 52.3. The van der Waals surface area contributed by atoms with Crippen molar-refractivity contribution in [2.24, 2.45) is 28.6 Å². The first kappa shape index (κ1) is 30.5. The minimum atomic E-state index is -2.29. The molecule has 1 aliphatic heterocycles. The molecular weight excluding hydrogens is 584 g/mol. The van der Waals surface area contributed by atoms with Crippen molar-refractivity contribution in [3.8, 4) is 5.75 Å². The summed E-state index contributed by atoms with van der Waals surface area (Å²) in [6, 6.07) is 7.18. The average molecular weight is 624 g/mol. The zero-order chi connectivity index (χ0) is 31.9. The molecule has 8 nitrogen and oxygen atoms in total. The van der Waals surface area contributed by atoms with Crippen LogP contribution in [-0.2, 0) is 19.1 Å². The molecule has 5 aliphatic carbocycles. The molecule has 0 aromatic heterocycles. The van der Waals surface area contributed by atoms with E-state index in [4.69, 9.17) is 19.9 Å². The number of nitrogen functional groups attached to an aromatic ring is 1. The normalized spacial score (nSPS) is 44.8. The van der Waals surface area contributed by atoms with Gasteiger partial charge in [0.15, 0.2) is 29.1 Å². The van der Waals surface area contributed by atoms with Crippen LogP contribution in [0.15, 0.2) is 71.9 Å². The van der Waals surface area contributed by atoms with Gasteiger partial charge in [-0.2, -0.15) is 0 Å². The molecule has 1 aromatic rings. The number of benzene rings is 1. The summed E-state index contributed by atoms with van der Waals surface area (Å²) in [5.74, 6) is -2.16. The summed E-state index contributed by atoms with van der Waals surface area (Å²) >= 11 is 0. The molecule has 0 bridgehead atoms. The Labute approximate surface area is 260 Å². The van der Waals surface area contributed by atoms with Gasteiger partial charge in [-0.05, 0) is 74.0 Å². The zero-order valence-corrected chi connectivity index (χ0v) is 25.3. The van der Waals surface area contributed by atoms with Crippen molar-refractivity contribution in [2.75, 3.05) is 18.9 Å². The number of allylic oxidation sites excluding steroid dienone is 5. The number of Topliss-reactive ketones (excluding diaryl/α,β-unsaturated/α-hetero) is 1. The minimum Gasteiger partial charge on any atom is -0.489 e. The molecule has 240 valence electrons. The lowest BCUT2D eigenvalue weighted by molar-refractivity contribution is -0.237. The van der Waals surface area contributed by atoms with Crippen LogP contribution in [0.1, 0.15) is 39.5 Å². The van der Waals surface area contributed by atoms with Gasteiger partial charge in [0.05, 0.1) is 12.2 Å². The minimum absolute atomic E-state index is 0.0399. The topological polar surface area (TPSA) is 128 Å². The van der Waals surface area contributed by atoms with E-state index < -0.39 is 76.8 Å². The Morgan fingerprint density at radius 1 is 1.20 bits per heavy atom. The van der Waals surface area contributed by atoms with Gasteiger partial charge in [0.1, 0.15) is 25.1 Å². The second kappa shape index (κ2) is 10.4. The number of carbonyl (C=O) groups excluding carboxylic acids is 2. The van der Waals surface area contributed by atoms with Crippen molar-refractivity contribution in [3.05, 3.63) is 71.9 Å². The average Bonchev–Trinajstić information content (AvgIpc) is 3.52. The molecule has 1 unspecified atom stereocenters. The fourth-order valence-electron chi connectivity index (χ4n) is 9.54. The third-order valence-corrected chi connectivity index (χ3v) is 11.8. The van der Waals surface area contributed by atoms with Crippen molar-refractivity contribution in [1.82, 2.24) is 0 Å². The number of ketones is 2. The van der Waals surface area contributed by atoms with Crippen LogP contribution in [0.3, 0.4) is 0 Å². The summed E-state index contributed by atoms with van der Waals surface area (Å²) in [5, 5.41) is 21.8. The van der Waals surface area contributed by atoms with E-state index in [1.165, 1.54) is 19.1 Å². The maximum atomic E-state index is 17.6. The van der Waals surface area contributed by atoms with Gasteiger partial charge < -0.3 is 30.2 Å². The molecule has 0 radical (unpaired) electrons. The number of anilines is 1. The maximum absolute atomic E-state index is 17.6. The highest BCUT2D eigenvalue weighted by Gasteiger charge is 2.80. The number of rotatable bonds is 6. The molecule has 3 saturated carbocycles. The Morgan fingerprint density at radius 2 is 2.00 bits per heavy atom. The van der Waals surface area contributed by atoms with Gasteiger partial charge in [-0.15, -0.1) is 0 Å².